The maximum absolute atomic E-state index is 15.0. The third-order valence-electron chi connectivity index (χ3n) is 7.68. The fraction of sp³-hybridized carbons (Fsp3) is 0.300. The van der Waals surface area contributed by atoms with Crippen molar-refractivity contribution in [1.82, 2.24) is 24.8 Å². The van der Waals surface area contributed by atoms with Gasteiger partial charge in [0.2, 0.25) is 0 Å². The molecule has 1 fully saturated rings. The Morgan fingerprint density at radius 3 is 2.49 bits per heavy atom. The number of halogens is 3. The van der Waals surface area contributed by atoms with Gasteiger partial charge in [0.15, 0.2) is 0 Å². The van der Waals surface area contributed by atoms with Crippen molar-refractivity contribution >= 4 is 23.3 Å². The van der Waals surface area contributed by atoms with Gasteiger partial charge in [-0.25, -0.2) is 28.3 Å². The van der Waals surface area contributed by atoms with Crippen LogP contribution in [0.25, 0.3) is 0 Å². The Balaban J connectivity index is 1.38. The summed E-state index contributed by atoms with van der Waals surface area (Å²) in [7, 11) is 3.09. The Labute approximate surface area is 253 Å². The molecule has 1 aliphatic rings. The van der Waals surface area contributed by atoms with Gasteiger partial charge in [-0.2, -0.15) is 5.10 Å². The molecular formula is C30H32ClF2N7O3. The molecule has 5 rings (SSSR count). The zero-order valence-corrected chi connectivity index (χ0v) is 24.5. The molecule has 13 heteroatoms. The number of benzene rings is 3. The molecule has 1 aromatic heterocycles. The second-order valence-electron chi connectivity index (χ2n) is 10.2. The van der Waals surface area contributed by atoms with Crippen LogP contribution in [0, 0.1) is 11.6 Å². The molecule has 2 atom stereocenters. The van der Waals surface area contributed by atoms with E-state index in [0.29, 0.717) is 30.4 Å². The quantitative estimate of drug-likeness (QED) is 0.279. The van der Waals surface area contributed by atoms with Crippen molar-refractivity contribution in [3.63, 3.8) is 0 Å². The molecule has 4 aromatic rings. The molecular weight excluding hydrogens is 580 g/mol. The molecule has 0 aliphatic carbocycles. The first-order chi connectivity index (χ1) is 20.7. The molecule has 0 bridgehead atoms. The lowest BCUT2D eigenvalue weighted by Crippen LogP contribution is -2.56. The number of carbonyl (C=O) groups excluding carboxylic acids is 1. The van der Waals surface area contributed by atoms with E-state index in [4.69, 9.17) is 26.8 Å². The first-order valence-corrected chi connectivity index (χ1v) is 13.9. The molecule has 2 unspecified atom stereocenters. The van der Waals surface area contributed by atoms with Crippen molar-refractivity contribution in [2.24, 2.45) is 5.73 Å². The highest BCUT2D eigenvalue weighted by Crippen LogP contribution is 2.33. The second-order valence-corrected chi connectivity index (χ2v) is 10.7. The molecule has 0 spiro atoms. The maximum Gasteiger partial charge on any atom is 0.329 e. The fourth-order valence-corrected chi connectivity index (χ4v) is 5.41. The molecule has 2 N–H and O–H groups in total. The van der Waals surface area contributed by atoms with Gasteiger partial charge in [-0.1, -0.05) is 29.8 Å². The van der Waals surface area contributed by atoms with E-state index in [9.17, 15) is 9.18 Å². The van der Waals surface area contributed by atoms with Gasteiger partial charge in [0, 0.05) is 56.1 Å². The minimum atomic E-state index is -1.34. The lowest BCUT2D eigenvalue weighted by molar-refractivity contribution is -0.0666. The van der Waals surface area contributed by atoms with E-state index in [1.54, 1.807) is 19.2 Å². The summed E-state index contributed by atoms with van der Waals surface area (Å²) in [6, 6.07) is 17.6. The van der Waals surface area contributed by atoms with E-state index >= 15 is 4.39 Å². The number of nitrogens with zero attached hydrogens (tertiary/aromatic N) is 6. The summed E-state index contributed by atoms with van der Waals surface area (Å²) in [6.07, 6.45) is 2.84. The molecule has 10 nitrogen and oxygen atoms in total. The van der Waals surface area contributed by atoms with Gasteiger partial charge in [-0.05, 0) is 48.0 Å². The number of amides is 2. The van der Waals surface area contributed by atoms with Crippen molar-refractivity contribution in [2.75, 3.05) is 45.3 Å². The van der Waals surface area contributed by atoms with Crippen LogP contribution in [-0.4, -0.2) is 71.2 Å². The van der Waals surface area contributed by atoms with Crippen molar-refractivity contribution in [3.05, 3.63) is 107 Å². The highest BCUT2D eigenvalue weighted by molar-refractivity contribution is 6.30. The molecule has 0 saturated carbocycles. The average molecular weight is 612 g/mol. The number of nitrogens with two attached hydrogens (primary N) is 1. The minimum Gasteiger partial charge on any atom is -0.490 e. The van der Waals surface area contributed by atoms with E-state index in [1.807, 2.05) is 41.4 Å². The topological polar surface area (TPSA) is 102 Å². The van der Waals surface area contributed by atoms with Crippen LogP contribution in [0.3, 0.4) is 0 Å². The molecule has 2 amide bonds. The predicted molar refractivity (Wildman–Crippen MR) is 157 cm³/mol. The van der Waals surface area contributed by atoms with Crippen LogP contribution in [-0.2, 0) is 16.9 Å². The zero-order chi connectivity index (χ0) is 30.6. The van der Waals surface area contributed by atoms with Crippen molar-refractivity contribution in [1.29, 1.82) is 0 Å². The standard InChI is InChI=1S/C30H32ClF2N7O3/c1-37(29(34)41)40-14-13-38(24-8-5-22(31)6-9-24)16-28(40)21-3-10-25(11-4-21)43-18-30(42-2,17-39-20-35-19-36-39)26-12-7-23(32)15-27(26)33/h3-12,15,19-20,28H,13-14,16-18H2,1-2H3,(H2,34,41). The number of hydrazine groups is 1. The Morgan fingerprint density at radius 1 is 1.12 bits per heavy atom. The first-order valence-electron chi connectivity index (χ1n) is 13.6. The number of anilines is 1. The van der Waals surface area contributed by atoms with Gasteiger partial charge in [-0.15, -0.1) is 0 Å². The van der Waals surface area contributed by atoms with Crippen molar-refractivity contribution in [2.45, 2.75) is 18.2 Å². The molecule has 1 aliphatic heterocycles. The number of urea groups is 1. The fourth-order valence-electron chi connectivity index (χ4n) is 5.29. The van der Waals surface area contributed by atoms with Crippen LogP contribution >= 0.6 is 11.6 Å². The Kier molecular flexibility index (Phi) is 9.09. The first kappa shape index (κ1) is 30.2. The van der Waals surface area contributed by atoms with Crippen LogP contribution in [0.5, 0.6) is 5.75 Å². The summed E-state index contributed by atoms with van der Waals surface area (Å²) in [4.78, 5) is 18.3. The molecule has 226 valence electrons. The molecule has 3 aromatic carbocycles. The minimum absolute atomic E-state index is 0.0706. The van der Waals surface area contributed by atoms with Crippen LogP contribution in [0.4, 0.5) is 19.3 Å². The number of rotatable bonds is 10. The molecule has 2 heterocycles. The zero-order valence-electron chi connectivity index (χ0n) is 23.7. The Morgan fingerprint density at radius 2 is 1.86 bits per heavy atom. The van der Waals surface area contributed by atoms with Crippen LogP contribution < -0.4 is 15.4 Å². The molecule has 0 radical (unpaired) electrons. The Hall–Kier alpha value is -4.26. The number of hydrogen-bond donors (Lipinski definition) is 1. The molecule has 43 heavy (non-hydrogen) atoms. The normalized spacial score (nSPS) is 17.0. The summed E-state index contributed by atoms with van der Waals surface area (Å²) in [6.45, 7) is 1.80. The van der Waals surface area contributed by atoms with E-state index in [1.165, 1.54) is 41.6 Å². The van der Waals surface area contributed by atoms with Gasteiger partial charge in [0.05, 0.1) is 12.6 Å². The summed E-state index contributed by atoms with van der Waals surface area (Å²) in [5.41, 5.74) is 6.37. The Bertz CT molecular complexity index is 1530. The van der Waals surface area contributed by atoms with Crippen LogP contribution in [0.2, 0.25) is 5.02 Å². The summed E-state index contributed by atoms with van der Waals surface area (Å²) < 4.78 is 42.2. The lowest BCUT2D eigenvalue weighted by Gasteiger charge is -2.45. The van der Waals surface area contributed by atoms with Gasteiger partial charge < -0.3 is 20.1 Å². The third-order valence-corrected chi connectivity index (χ3v) is 7.93. The number of carbonyl (C=O) groups is 1. The van der Waals surface area contributed by atoms with Crippen LogP contribution in [0.15, 0.2) is 79.4 Å². The highest BCUT2D eigenvalue weighted by Gasteiger charge is 2.38. The lowest BCUT2D eigenvalue weighted by atomic mass is 9.93. The number of primary amides is 1. The number of methoxy groups -OCH3 is 1. The van der Waals surface area contributed by atoms with E-state index in [2.05, 4.69) is 15.0 Å². The smallest absolute Gasteiger partial charge is 0.329 e. The van der Waals surface area contributed by atoms with Gasteiger partial charge in [0.25, 0.3) is 0 Å². The van der Waals surface area contributed by atoms with Crippen molar-refractivity contribution in [3.8, 4) is 5.75 Å². The van der Waals surface area contributed by atoms with Gasteiger partial charge in [0.1, 0.15) is 42.2 Å². The van der Waals surface area contributed by atoms with Crippen LogP contribution in [0.1, 0.15) is 17.2 Å². The predicted octanol–water partition coefficient (Wildman–Crippen LogP) is 4.62. The van der Waals surface area contributed by atoms with E-state index in [0.717, 1.165) is 17.3 Å². The number of ether oxygens (including phenoxy) is 2. The van der Waals surface area contributed by atoms with Gasteiger partial charge >= 0.3 is 6.03 Å². The number of aromatic nitrogens is 3. The van der Waals surface area contributed by atoms with Crippen molar-refractivity contribution < 1.29 is 23.0 Å². The second kappa shape index (κ2) is 12.9. The number of hydrogen-bond acceptors (Lipinski definition) is 7. The van der Waals surface area contributed by atoms with E-state index < -0.39 is 23.3 Å². The largest absolute Gasteiger partial charge is 0.490 e. The number of piperazine rings is 1. The maximum atomic E-state index is 15.0. The molecule has 1 saturated heterocycles. The summed E-state index contributed by atoms with van der Waals surface area (Å²) in [5, 5.41) is 8.16. The van der Waals surface area contributed by atoms with E-state index in [-0.39, 0.29) is 24.8 Å². The third kappa shape index (κ3) is 6.71. The summed E-state index contributed by atoms with van der Waals surface area (Å²) >= 11 is 6.09. The monoisotopic (exact) mass is 611 g/mol. The SMILES string of the molecule is COC(COc1ccc(C2CN(c3ccc(Cl)cc3)CCN2N(C)C(N)=O)cc1)(Cn1cncn1)c1ccc(F)cc1F. The summed E-state index contributed by atoms with van der Waals surface area (Å²) in [5.74, 6) is -0.953. The average Bonchev–Trinajstić information content (AvgIpc) is 3.52. The van der Waals surface area contributed by atoms with Gasteiger partial charge in [-0.3, -0.25) is 5.01 Å². The highest BCUT2D eigenvalue weighted by atomic mass is 35.5.